The van der Waals surface area contributed by atoms with Gasteiger partial charge in [0.15, 0.2) is 0 Å². The van der Waals surface area contributed by atoms with Crippen LogP contribution in [0.3, 0.4) is 0 Å². The number of nitro groups is 1. The molecule has 8 heteroatoms. The van der Waals surface area contributed by atoms with Crippen LogP contribution in [-0.4, -0.2) is 40.5 Å². The predicted octanol–water partition coefficient (Wildman–Crippen LogP) is 2.35. The smallest absolute Gasteiger partial charge is 0.290 e. The fourth-order valence-electron chi connectivity index (χ4n) is 1.36. The van der Waals surface area contributed by atoms with Gasteiger partial charge in [-0.25, -0.2) is 0 Å². The first kappa shape index (κ1) is 15.7. The Bertz CT molecular complexity index is 522. The van der Waals surface area contributed by atoms with Crippen LogP contribution in [0.4, 0.5) is 5.69 Å². The number of halogens is 2. The normalized spacial score (nSPS) is 12.1. The summed E-state index contributed by atoms with van der Waals surface area (Å²) in [5, 5.41) is 19.5. The summed E-state index contributed by atoms with van der Waals surface area (Å²) >= 11 is 11.5. The molecule has 19 heavy (non-hydrogen) atoms. The molecule has 0 aromatic heterocycles. The maximum absolute atomic E-state index is 12.1. The first-order chi connectivity index (χ1) is 8.79. The van der Waals surface area contributed by atoms with Gasteiger partial charge in [-0.1, -0.05) is 23.2 Å². The minimum Gasteiger partial charge on any atom is -0.394 e. The Morgan fingerprint density at radius 2 is 2.11 bits per heavy atom. The molecule has 0 fully saturated rings. The Labute approximate surface area is 119 Å². The maximum Gasteiger partial charge on any atom is 0.290 e. The third-order valence-electron chi connectivity index (χ3n) is 2.70. The van der Waals surface area contributed by atoms with Gasteiger partial charge in [0.25, 0.3) is 11.6 Å². The number of hydrogen-bond acceptors (Lipinski definition) is 4. The third-order valence-corrected chi connectivity index (χ3v) is 3.49. The highest BCUT2D eigenvalue weighted by Crippen LogP contribution is 2.33. The van der Waals surface area contributed by atoms with Crippen LogP contribution >= 0.6 is 23.2 Å². The number of nitrogens with zero attached hydrogens (tertiary/aromatic N) is 2. The van der Waals surface area contributed by atoms with Crippen LogP contribution in [-0.2, 0) is 0 Å². The van der Waals surface area contributed by atoms with Crippen LogP contribution in [0.2, 0.25) is 10.0 Å². The monoisotopic (exact) mass is 306 g/mol. The predicted molar refractivity (Wildman–Crippen MR) is 71.8 cm³/mol. The van der Waals surface area contributed by atoms with Crippen molar-refractivity contribution >= 4 is 34.8 Å². The van der Waals surface area contributed by atoms with Crippen LogP contribution in [0.15, 0.2) is 12.1 Å². The van der Waals surface area contributed by atoms with Gasteiger partial charge in [-0.15, -0.1) is 0 Å². The van der Waals surface area contributed by atoms with Gasteiger partial charge in [-0.2, -0.15) is 0 Å². The molecule has 1 aromatic carbocycles. The van der Waals surface area contributed by atoms with Gasteiger partial charge < -0.3 is 10.0 Å². The number of benzene rings is 1. The third kappa shape index (κ3) is 3.34. The van der Waals surface area contributed by atoms with Crippen LogP contribution < -0.4 is 0 Å². The lowest BCUT2D eigenvalue weighted by Crippen LogP contribution is -2.37. The van der Waals surface area contributed by atoms with E-state index in [0.717, 1.165) is 6.07 Å². The summed E-state index contributed by atoms with van der Waals surface area (Å²) in [6, 6.07) is 1.91. The van der Waals surface area contributed by atoms with Crippen molar-refractivity contribution < 1.29 is 14.8 Å². The van der Waals surface area contributed by atoms with Gasteiger partial charge in [0, 0.05) is 18.7 Å². The summed E-state index contributed by atoms with van der Waals surface area (Å²) in [5.74, 6) is -0.483. The number of rotatable bonds is 4. The van der Waals surface area contributed by atoms with E-state index in [0.29, 0.717) is 0 Å². The van der Waals surface area contributed by atoms with Crippen molar-refractivity contribution in [3.8, 4) is 0 Å². The lowest BCUT2D eigenvalue weighted by molar-refractivity contribution is -0.384. The number of aliphatic hydroxyl groups excluding tert-OH is 1. The molecule has 1 atom stereocenters. The second-order valence-electron chi connectivity index (χ2n) is 4.00. The lowest BCUT2D eigenvalue weighted by Gasteiger charge is -2.23. The van der Waals surface area contributed by atoms with E-state index in [2.05, 4.69) is 0 Å². The van der Waals surface area contributed by atoms with E-state index >= 15 is 0 Å². The Morgan fingerprint density at radius 3 is 2.58 bits per heavy atom. The van der Waals surface area contributed by atoms with Crippen LogP contribution in [0.1, 0.15) is 17.3 Å². The quantitative estimate of drug-likeness (QED) is 0.683. The largest absolute Gasteiger partial charge is 0.394 e. The van der Waals surface area contributed by atoms with Gasteiger partial charge in [0.2, 0.25) is 0 Å². The summed E-state index contributed by atoms with van der Waals surface area (Å²) < 4.78 is 0. The minimum atomic E-state index is -0.708. The van der Waals surface area contributed by atoms with Gasteiger partial charge >= 0.3 is 0 Å². The SMILES string of the molecule is CC(CO)N(C)C(=O)c1cc(Cl)c(Cl)c([N+](=O)[O-])c1. The summed E-state index contributed by atoms with van der Waals surface area (Å²) in [5.41, 5.74) is -0.383. The first-order valence-electron chi connectivity index (χ1n) is 5.31. The molecule has 0 saturated heterocycles. The zero-order chi connectivity index (χ0) is 14.7. The van der Waals surface area contributed by atoms with Crippen LogP contribution in [0.5, 0.6) is 0 Å². The number of hydrogen-bond donors (Lipinski definition) is 1. The molecule has 0 aliphatic carbocycles. The number of aliphatic hydroxyl groups is 1. The standard InChI is InChI=1S/C11H12Cl2N2O4/c1-6(5-16)14(2)11(17)7-3-8(12)10(13)9(4-7)15(18)19/h3-4,6,16H,5H2,1-2H3. The number of carbonyl (C=O) groups excluding carboxylic acids is 1. The maximum atomic E-state index is 12.1. The van der Waals surface area contributed by atoms with Crippen LogP contribution in [0.25, 0.3) is 0 Å². The van der Waals surface area contributed by atoms with Crippen molar-refractivity contribution in [2.45, 2.75) is 13.0 Å². The van der Waals surface area contributed by atoms with Crippen LogP contribution in [0, 0.1) is 10.1 Å². The molecule has 104 valence electrons. The van der Waals surface area contributed by atoms with Gasteiger partial charge in [0.1, 0.15) is 5.02 Å². The van der Waals surface area contributed by atoms with Crippen molar-refractivity contribution in [3.05, 3.63) is 37.9 Å². The number of likely N-dealkylation sites (N-methyl/N-ethyl adjacent to an activating group) is 1. The van der Waals surface area contributed by atoms with E-state index in [1.165, 1.54) is 18.0 Å². The highest BCUT2D eigenvalue weighted by atomic mass is 35.5. The molecule has 1 unspecified atom stereocenters. The molecule has 1 amide bonds. The molecule has 6 nitrogen and oxygen atoms in total. The highest BCUT2D eigenvalue weighted by molar-refractivity contribution is 6.43. The molecule has 0 radical (unpaired) electrons. The number of amides is 1. The average molecular weight is 307 g/mol. The molecule has 1 N–H and O–H groups in total. The first-order valence-corrected chi connectivity index (χ1v) is 6.06. The van der Waals surface area contributed by atoms with E-state index in [1.54, 1.807) is 6.92 Å². The molecular formula is C11H12Cl2N2O4. The Hall–Kier alpha value is -1.37. The molecule has 1 aromatic rings. The zero-order valence-corrected chi connectivity index (χ0v) is 11.8. The Kier molecular flexibility index (Phi) is 5.11. The molecule has 0 aliphatic heterocycles. The topological polar surface area (TPSA) is 83.7 Å². The lowest BCUT2D eigenvalue weighted by atomic mass is 10.1. The second-order valence-corrected chi connectivity index (χ2v) is 4.78. The molecule has 1 rings (SSSR count). The molecule has 0 aliphatic rings. The van der Waals surface area contributed by atoms with Gasteiger partial charge in [0.05, 0.1) is 22.6 Å². The summed E-state index contributed by atoms with van der Waals surface area (Å²) in [6.07, 6.45) is 0. The molecule has 0 saturated carbocycles. The fraction of sp³-hybridized carbons (Fsp3) is 0.364. The molecule has 0 heterocycles. The van der Waals surface area contributed by atoms with Crippen molar-refractivity contribution in [2.75, 3.05) is 13.7 Å². The number of nitro benzene ring substituents is 1. The fourth-order valence-corrected chi connectivity index (χ4v) is 1.75. The van der Waals surface area contributed by atoms with E-state index in [-0.39, 0.29) is 22.2 Å². The van der Waals surface area contributed by atoms with E-state index in [9.17, 15) is 14.9 Å². The summed E-state index contributed by atoms with van der Waals surface area (Å²) in [6.45, 7) is 1.43. The van der Waals surface area contributed by atoms with Crippen molar-refractivity contribution in [1.29, 1.82) is 0 Å². The Balaban J connectivity index is 3.22. The molecule has 0 spiro atoms. The van der Waals surface area contributed by atoms with E-state index in [1.807, 2.05) is 0 Å². The summed E-state index contributed by atoms with van der Waals surface area (Å²) in [7, 11) is 1.48. The summed E-state index contributed by atoms with van der Waals surface area (Å²) in [4.78, 5) is 23.4. The van der Waals surface area contributed by atoms with Crippen molar-refractivity contribution in [2.24, 2.45) is 0 Å². The van der Waals surface area contributed by atoms with E-state index < -0.39 is 22.6 Å². The van der Waals surface area contributed by atoms with Gasteiger partial charge in [-0.05, 0) is 13.0 Å². The van der Waals surface area contributed by atoms with Crippen molar-refractivity contribution in [1.82, 2.24) is 4.90 Å². The average Bonchev–Trinajstić information content (AvgIpc) is 2.38. The molecule has 0 bridgehead atoms. The Morgan fingerprint density at radius 1 is 1.53 bits per heavy atom. The zero-order valence-electron chi connectivity index (χ0n) is 10.3. The van der Waals surface area contributed by atoms with Gasteiger partial charge in [-0.3, -0.25) is 14.9 Å². The minimum absolute atomic E-state index is 0.0453. The second kappa shape index (κ2) is 6.18. The van der Waals surface area contributed by atoms with E-state index in [4.69, 9.17) is 28.3 Å². The highest BCUT2D eigenvalue weighted by Gasteiger charge is 2.23. The molecular weight excluding hydrogens is 295 g/mol. The van der Waals surface area contributed by atoms with Crippen molar-refractivity contribution in [3.63, 3.8) is 0 Å². The number of carbonyl (C=O) groups is 1.